The lowest BCUT2D eigenvalue weighted by molar-refractivity contribution is 0.130. The van der Waals surface area contributed by atoms with Gasteiger partial charge in [0.25, 0.3) is 0 Å². The molecule has 0 aromatic rings. The zero-order valence-electron chi connectivity index (χ0n) is 11.1. The SMILES string of the molecule is CC(C)CNCC(C)(C)N1CCS(=O)CC1. The molecule has 0 amide bonds. The average Bonchev–Trinajstić information content (AvgIpc) is 2.17. The molecule has 0 radical (unpaired) electrons. The first kappa shape index (κ1) is 14.1. The molecule has 0 atom stereocenters. The first-order valence-electron chi connectivity index (χ1n) is 6.22. The minimum atomic E-state index is -0.571. The van der Waals surface area contributed by atoms with E-state index in [2.05, 4.69) is 37.9 Å². The molecule has 1 fully saturated rings. The van der Waals surface area contributed by atoms with E-state index in [0.717, 1.165) is 37.7 Å². The van der Waals surface area contributed by atoms with Gasteiger partial charge in [-0.05, 0) is 26.3 Å². The van der Waals surface area contributed by atoms with Crippen molar-refractivity contribution in [1.29, 1.82) is 0 Å². The molecule has 0 unspecified atom stereocenters. The van der Waals surface area contributed by atoms with E-state index < -0.39 is 10.8 Å². The summed E-state index contributed by atoms with van der Waals surface area (Å²) in [7, 11) is -0.571. The highest BCUT2D eigenvalue weighted by atomic mass is 32.2. The number of hydrogen-bond acceptors (Lipinski definition) is 3. The molecule has 0 saturated carbocycles. The second kappa shape index (κ2) is 6.12. The van der Waals surface area contributed by atoms with E-state index in [-0.39, 0.29) is 5.54 Å². The molecule has 0 aromatic heterocycles. The molecule has 1 saturated heterocycles. The summed E-state index contributed by atoms with van der Waals surface area (Å²) in [6, 6.07) is 0. The van der Waals surface area contributed by atoms with Crippen LogP contribution in [0.5, 0.6) is 0 Å². The molecule has 1 N–H and O–H groups in total. The Balaban J connectivity index is 2.34. The Labute approximate surface area is 102 Å². The van der Waals surface area contributed by atoms with Crippen molar-refractivity contribution >= 4 is 10.8 Å². The van der Waals surface area contributed by atoms with Crippen molar-refractivity contribution in [2.24, 2.45) is 5.92 Å². The van der Waals surface area contributed by atoms with Gasteiger partial charge in [0.15, 0.2) is 0 Å². The number of nitrogens with zero attached hydrogens (tertiary/aromatic N) is 1. The Morgan fingerprint density at radius 2 is 1.88 bits per heavy atom. The summed E-state index contributed by atoms with van der Waals surface area (Å²) >= 11 is 0. The van der Waals surface area contributed by atoms with Crippen molar-refractivity contribution in [3.05, 3.63) is 0 Å². The standard InChI is InChI=1S/C12H26N2OS/c1-11(2)9-13-10-12(3,4)14-5-7-16(15)8-6-14/h11,13H,5-10H2,1-4H3. The summed E-state index contributed by atoms with van der Waals surface area (Å²) in [4.78, 5) is 2.46. The monoisotopic (exact) mass is 246 g/mol. The maximum Gasteiger partial charge on any atom is 0.0363 e. The zero-order valence-corrected chi connectivity index (χ0v) is 11.9. The molecule has 0 aliphatic carbocycles. The molecule has 96 valence electrons. The Morgan fingerprint density at radius 3 is 2.38 bits per heavy atom. The van der Waals surface area contributed by atoms with Crippen molar-refractivity contribution in [3.8, 4) is 0 Å². The van der Waals surface area contributed by atoms with Gasteiger partial charge < -0.3 is 5.32 Å². The highest BCUT2D eigenvalue weighted by Crippen LogP contribution is 2.16. The van der Waals surface area contributed by atoms with E-state index in [1.165, 1.54) is 0 Å². The molecule has 1 rings (SSSR count). The molecule has 1 aliphatic heterocycles. The van der Waals surface area contributed by atoms with Gasteiger partial charge in [0, 0.05) is 47.5 Å². The van der Waals surface area contributed by atoms with Crippen LogP contribution in [0.15, 0.2) is 0 Å². The molecule has 1 heterocycles. The van der Waals surface area contributed by atoms with Crippen LogP contribution in [0.2, 0.25) is 0 Å². The van der Waals surface area contributed by atoms with Crippen LogP contribution >= 0.6 is 0 Å². The van der Waals surface area contributed by atoms with Gasteiger partial charge in [0.1, 0.15) is 0 Å². The van der Waals surface area contributed by atoms with E-state index in [9.17, 15) is 4.21 Å². The number of nitrogens with one attached hydrogen (secondary N) is 1. The molecule has 0 bridgehead atoms. The quantitative estimate of drug-likeness (QED) is 0.788. The third-order valence-electron chi connectivity index (χ3n) is 3.14. The van der Waals surface area contributed by atoms with Crippen LogP contribution in [0.3, 0.4) is 0 Å². The van der Waals surface area contributed by atoms with Crippen LogP contribution in [0, 0.1) is 5.92 Å². The van der Waals surface area contributed by atoms with Gasteiger partial charge in [0.05, 0.1) is 0 Å². The van der Waals surface area contributed by atoms with Crippen LogP contribution in [0.25, 0.3) is 0 Å². The smallest absolute Gasteiger partial charge is 0.0363 e. The summed E-state index contributed by atoms with van der Waals surface area (Å²) in [6.07, 6.45) is 0. The number of hydrogen-bond donors (Lipinski definition) is 1. The maximum absolute atomic E-state index is 11.3. The van der Waals surface area contributed by atoms with E-state index in [1.807, 2.05) is 0 Å². The predicted octanol–water partition coefficient (Wildman–Crippen LogP) is 1.07. The predicted molar refractivity (Wildman–Crippen MR) is 71.2 cm³/mol. The van der Waals surface area contributed by atoms with Gasteiger partial charge in [-0.3, -0.25) is 9.11 Å². The van der Waals surface area contributed by atoms with Crippen molar-refractivity contribution in [2.75, 3.05) is 37.7 Å². The van der Waals surface area contributed by atoms with Crippen molar-refractivity contribution in [3.63, 3.8) is 0 Å². The van der Waals surface area contributed by atoms with Crippen LogP contribution in [0.1, 0.15) is 27.7 Å². The lowest BCUT2D eigenvalue weighted by atomic mass is 10.0. The molecule has 1 aliphatic rings. The van der Waals surface area contributed by atoms with Crippen LogP contribution < -0.4 is 5.32 Å². The first-order chi connectivity index (χ1) is 7.42. The van der Waals surface area contributed by atoms with Crippen LogP contribution in [-0.2, 0) is 10.8 Å². The molecule has 4 heteroatoms. The molecular formula is C12H26N2OS. The third kappa shape index (κ3) is 4.52. The van der Waals surface area contributed by atoms with Gasteiger partial charge in [-0.2, -0.15) is 0 Å². The van der Waals surface area contributed by atoms with E-state index in [1.54, 1.807) is 0 Å². The van der Waals surface area contributed by atoms with Gasteiger partial charge in [-0.1, -0.05) is 13.8 Å². The Bertz CT molecular complexity index is 231. The highest BCUT2D eigenvalue weighted by molar-refractivity contribution is 7.85. The average molecular weight is 246 g/mol. The van der Waals surface area contributed by atoms with Crippen molar-refractivity contribution < 1.29 is 4.21 Å². The fourth-order valence-electron chi connectivity index (χ4n) is 2.02. The van der Waals surface area contributed by atoms with Crippen LogP contribution in [0.4, 0.5) is 0 Å². The lowest BCUT2D eigenvalue weighted by Gasteiger charge is -2.41. The summed E-state index contributed by atoms with van der Waals surface area (Å²) in [5, 5.41) is 3.52. The largest absolute Gasteiger partial charge is 0.315 e. The zero-order chi connectivity index (χ0) is 12.2. The minimum absolute atomic E-state index is 0.180. The van der Waals surface area contributed by atoms with Gasteiger partial charge >= 0.3 is 0 Å². The summed E-state index contributed by atoms with van der Waals surface area (Å²) in [5.74, 6) is 2.38. The Morgan fingerprint density at radius 1 is 1.31 bits per heavy atom. The highest BCUT2D eigenvalue weighted by Gasteiger charge is 2.29. The normalized spacial score (nSPS) is 20.6. The fraction of sp³-hybridized carbons (Fsp3) is 1.00. The minimum Gasteiger partial charge on any atom is -0.315 e. The van der Waals surface area contributed by atoms with Gasteiger partial charge in [-0.25, -0.2) is 0 Å². The molecule has 0 spiro atoms. The molecule has 0 aromatic carbocycles. The first-order valence-corrected chi connectivity index (χ1v) is 7.71. The Hall–Kier alpha value is 0.0700. The molecule has 16 heavy (non-hydrogen) atoms. The third-order valence-corrected chi connectivity index (χ3v) is 4.42. The maximum atomic E-state index is 11.3. The number of rotatable bonds is 5. The van der Waals surface area contributed by atoms with Gasteiger partial charge in [-0.15, -0.1) is 0 Å². The summed E-state index contributed by atoms with van der Waals surface area (Å²) < 4.78 is 11.3. The molecule has 3 nitrogen and oxygen atoms in total. The second-order valence-electron chi connectivity index (χ2n) is 5.67. The van der Waals surface area contributed by atoms with Crippen molar-refractivity contribution in [1.82, 2.24) is 10.2 Å². The molecular weight excluding hydrogens is 220 g/mol. The van der Waals surface area contributed by atoms with Gasteiger partial charge in [0.2, 0.25) is 0 Å². The van der Waals surface area contributed by atoms with E-state index in [4.69, 9.17) is 0 Å². The summed E-state index contributed by atoms with van der Waals surface area (Å²) in [6.45, 7) is 13.0. The lowest BCUT2D eigenvalue weighted by Crippen LogP contribution is -2.55. The Kier molecular flexibility index (Phi) is 5.41. The van der Waals surface area contributed by atoms with E-state index >= 15 is 0 Å². The fourth-order valence-corrected chi connectivity index (χ4v) is 3.07. The second-order valence-corrected chi connectivity index (χ2v) is 7.37. The van der Waals surface area contributed by atoms with E-state index in [0.29, 0.717) is 5.92 Å². The summed E-state index contributed by atoms with van der Waals surface area (Å²) in [5.41, 5.74) is 0.180. The van der Waals surface area contributed by atoms with Crippen LogP contribution in [-0.4, -0.2) is 52.3 Å². The topological polar surface area (TPSA) is 32.3 Å². The van der Waals surface area contributed by atoms with Crippen molar-refractivity contribution in [2.45, 2.75) is 33.2 Å².